The summed E-state index contributed by atoms with van der Waals surface area (Å²) >= 11 is 1.22. The summed E-state index contributed by atoms with van der Waals surface area (Å²) in [4.78, 5) is 7.39. The van der Waals surface area contributed by atoms with Crippen LogP contribution in [0.15, 0.2) is 0 Å². The number of rotatable bonds is 0. The van der Waals surface area contributed by atoms with Gasteiger partial charge in [0.05, 0.1) is 0 Å². The fraction of sp³-hybridized carbons (Fsp3) is 0. The maximum absolute atomic E-state index is 5.31. The lowest BCUT2D eigenvalue weighted by Crippen LogP contribution is -1.85. The van der Waals surface area contributed by atoms with Gasteiger partial charge in [0.25, 0.3) is 0 Å². The first-order valence-corrected chi connectivity index (χ1v) is 3.07. The van der Waals surface area contributed by atoms with Crippen LogP contribution in [-0.4, -0.2) is 19.6 Å². The highest BCUT2D eigenvalue weighted by Gasteiger charge is 2.00. The maximum Gasteiger partial charge on any atom is 0.200 e. The molecule has 0 aromatic carbocycles. The van der Waals surface area contributed by atoms with Crippen LogP contribution in [0.2, 0.25) is 0 Å². The Balaban J connectivity index is 2.92. The number of nitrogens with two attached hydrogens (primary N) is 1. The van der Waals surface area contributed by atoms with Gasteiger partial charge in [0.15, 0.2) is 10.5 Å². The predicted octanol–water partition coefficient (Wildman–Crippen LogP) is -0.00340. The van der Waals surface area contributed by atoms with Gasteiger partial charge in [0.1, 0.15) is 0 Å². The standard InChI is InChI=1S/C3H3N5S/c4-3-5-1-2(6-3)9-8-7-1/h(H3,4,5,6). The van der Waals surface area contributed by atoms with Crippen LogP contribution in [0.3, 0.4) is 0 Å². The van der Waals surface area contributed by atoms with Crippen LogP contribution in [0.25, 0.3) is 10.5 Å². The van der Waals surface area contributed by atoms with Crippen molar-refractivity contribution in [3.8, 4) is 0 Å². The van der Waals surface area contributed by atoms with Gasteiger partial charge in [-0.2, -0.15) is 4.98 Å². The van der Waals surface area contributed by atoms with Crippen LogP contribution in [0.4, 0.5) is 5.95 Å². The Morgan fingerprint density at radius 1 is 1.56 bits per heavy atom. The van der Waals surface area contributed by atoms with E-state index in [-0.39, 0.29) is 0 Å². The minimum atomic E-state index is 0.395. The fourth-order valence-corrected chi connectivity index (χ4v) is 1.11. The van der Waals surface area contributed by atoms with Gasteiger partial charge >= 0.3 is 0 Å². The molecule has 0 amide bonds. The third-order valence-corrected chi connectivity index (χ3v) is 1.56. The summed E-state index contributed by atoms with van der Waals surface area (Å²) in [6.45, 7) is 0. The van der Waals surface area contributed by atoms with Crippen molar-refractivity contribution in [2.24, 2.45) is 0 Å². The van der Waals surface area contributed by atoms with E-state index in [0.29, 0.717) is 11.6 Å². The number of imidazole rings is 1. The lowest BCUT2D eigenvalue weighted by atomic mass is 10.9. The van der Waals surface area contributed by atoms with Crippen molar-refractivity contribution in [1.82, 2.24) is 19.6 Å². The number of aromatic nitrogens is 4. The van der Waals surface area contributed by atoms with E-state index in [9.17, 15) is 0 Å². The number of nitrogens with zero attached hydrogens (tertiary/aromatic N) is 3. The molecule has 0 unspecified atom stereocenters. The molecule has 0 saturated carbocycles. The molecular weight excluding hydrogens is 138 g/mol. The predicted molar refractivity (Wildman–Crippen MR) is 34.0 cm³/mol. The Kier molecular flexibility index (Phi) is 0.734. The van der Waals surface area contributed by atoms with Crippen LogP contribution in [-0.2, 0) is 0 Å². The molecule has 2 heterocycles. The first-order chi connectivity index (χ1) is 4.36. The molecule has 9 heavy (non-hydrogen) atoms. The molecule has 0 aliphatic carbocycles. The minimum Gasteiger partial charge on any atom is -0.369 e. The van der Waals surface area contributed by atoms with E-state index < -0.39 is 0 Å². The van der Waals surface area contributed by atoms with Gasteiger partial charge in [-0.3, -0.25) is 0 Å². The van der Waals surface area contributed by atoms with Gasteiger partial charge in [-0.1, -0.05) is 4.49 Å². The van der Waals surface area contributed by atoms with Crippen molar-refractivity contribution in [2.45, 2.75) is 0 Å². The lowest BCUT2D eigenvalue weighted by molar-refractivity contribution is 1.16. The molecule has 0 bridgehead atoms. The molecule has 2 aromatic rings. The highest BCUT2D eigenvalue weighted by Crippen LogP contribution is 2.11. The summed E-state index contributed by atoms with van der Waals surface area (Å²) in [5, 5.41) is 3.71. The van der Waals surface area contributed by atoms with E-state index in [1.807, 2.05) is 0 Å². The molecule has 2 aromatic heterocycles. The van der Waals surface area contributed by atoms with Crippen molar-refractivity contribution in [3.05, 3.63) is 0 Å². The van der Waals surface area contributed by atoms with Crippen molar-refractivity contribution in [2.75, 3.05) is 5.73 Å². The fourth-order valence-electron chi connectivity index (χ4n) is 0.596. The molecule has 46 valence electrons. The van der Waals surface area contributed by atoms with Crippen molar-refractivity contribution in [1.29, 1.82) is 0 Å². The number of aromatic amines is 1. The largest absolute Gasteiger partial charge is 0.369 e. The second-order valence-corrected chi connectivity index (χ2v) is 2.28. The van der Waals surface area contributed by atoms with Gasteiger partial charge in [0.2, 0.25) is 5.95 Å². The summed E-state index contributed by atoms with van der Waals surface area (Å²) in [7, 11) is 0. The molecule has 0 spiro atoms. The van der Waals surface area contributed by atoms with Gasteiger partial charge in [-0.05, 0) is 0 Å². The molecular formula is C3H3N5S. The molecule has 0 saturated heterocycles. The summed E-state index contributed by atoms with van der Waals surface area (Å²) < 4.78 is 3.64. The Morgan fingerprint density at radius 2 is 2.44 bits per heavy atom. The van der Waals surface area contributed by atoms with Crippen LogP contribution in [0.1, 0.15) is 0 Å². The molecule has 0 atom stereocenters. The Hall–Kier alpha value is -1.17. The maximum atomic E-state index is 5.31. The van der Waals surface area contributed by atoms with Gasteiger partial charge in [-0.15, -0.1) is 5.10 Å². The van der Waals surface area contributed by atoms with Crippen molar-refractivity contribution < 1.29 is 0 Å². The molecule has 3 N–H and O–H groups in total. The number of H-pyrrole nitrogens is 1. The van der Waals surface area contributed by atoms with Gasteiger partial charge in [0, 0.05) is 11.5 Å². The van der Waals surface area contributed by atoms with E-state index in [2.05, 4.69) is 19.6 Å². The normalized spacial score (nSPS) is 10.7. The monoisotopic (exact) mass is 141 g/mol. The van der Waals surface area contributed by atoms with Crippen LogP contribution >= 0.6 is 11.5 Å². The molecule has 5 nitrogen and oxygen atoms in total. The van der Waals surface area contributed by atoms with Crippen molar-refractivity contribution >= 4 is 28.0 Å². The average Bonchev–Trinajstić information content (AvgIpc) is 2.22. The molecule has 0 radical (unpaired) electrons. The zero-order valence-corrected chi connectivity index (χ0v) is 5.14. The quantitative estimate of drug-likeness (QED) is 0.541. The van der Waals surface area contributed by atoms with Crippen LogP contribution in [0, 0.1) is 0 Å². The lowest BCUT2D eigenvalue weighted by Gasteiger charge is -1.72. The highest BCUT2D eigenvalue weighted by molar-refractivity contribution is 7.12. The highest BCUT2D eigenvalue weighted by atomic mass is 32.1. The summed E-state index contributed by atoms with van der Waals surface area (Å²) in [5.74, 6) is 0.395. The third-order valence-electron chi connectivity index (χ3n) is 0.939. The number of hydrogen-bond acceptors (Lipinski definition) is 5. The Labute approximate surface area is 54.1 Å². The number of hydrogen-bond donors (Lipinski definition) is 2. The first kappa shape index (κ1) is 4.68. The summed E-state index contributed by atoms with van der Waals surface area (Å²) in [6.07, 6.45) is 0. The smallest absolute Gasteiger partial charge is 0.200 e. The molecule has 2 rings (SSSR count). The zero-order chi connectivity index (χ0) is 6.27. The topological polar surface area (TPSA) is 80.5 Å². The van der Waals surface area contributed by atoms with Crippen LogP contribution < -0.4 is 5.73 Å². The molecule has 0 aliphatic rings. The van der Waals surface area contributed by atoms with Gasteiger partial charge in [-0.25, -0.2) is 0 Å². The van der Waals surface area contributed by atoms with E-state index in [1.54, 1.807) is 0 Å². The van der Waals surface area contributed by atoms with E-state index in [1.165, 1.54) is 11.5 Å². The average molecular weight is 141 g/mol. The van der Waals surface area contributed by atoms with E-state index in [0.717, 1.165) is 4.83 Å². The zero-order valence-electron chi connectivity index (χ0n) is 4.33. The summed E-state index contributed by atoms with van der Waals surface area (Å²) in [5.41, 5.74) is 5.97. The van der Waals surface area contributed by atoms with E-state index >= 15 is 0 Å². The first-order valence-electron chi connectivity index (χ1n) is 2.30. The third kappa shape index (κ3) is 0.563. The minimum absolute atomic E-state index is 0.395. The number of fused-ring (bicyclic) bond motifs is 1. The van der Waals surface area contributed by atoms with Gasteiger partial charge < -0.3 is 10.7 Å². The number of nitrogens with one attached hydrogen (secondary N) is 1. The van der Waals surface area contributed by atoms with Crippen molar-refractivity contribution in [3.63, 3.8) is 0 Å². The SMILES string of the molecule is Nc1nc2snnc2[nH]1. The second-order valence-electron chi connectivity index (χ2n) is 1.55. The Bertz CT molecular complexity index is 293. The summed E-state index contributed by atoms with van der Waals surface area (Å²) in [6, 6.07) is 0. The molecule has 0 aliphatic heterocycles. The Morgan fingerprint density at radius 3 is 3.22 bits per heavy atom. The van der Waals surface area contributed by atoms with Crippen LogP contribution in [0.5, 0.6) is 0 Å². The second kappa shape index (κ2) is 1.41. The number of nitrogen functional groups attached to an aromatic ring is 1. The number of anilines is 1. The van der Waals surface area contributed by atoms with E-state index in [4.69, 9.17) is 5.73 Å². The molecule has 0 fully saturated rings. The molecule has 6 heteroatoms.